The van der Waals surface area contributed by atoms with Gasteiger partial charge >= 0.3 is 5.97 Å². The van der Waals surface area contributed by atoms with Crippen LogP contribution in [0, 0.1) is 0 Å². The van der Waals surface area contributed by atoms with Crippen molar-refractivity contribution in [3.8, 4) is 0 Å². The van der Waals surface area contributed by atoms with E-state index in [0.717, 1.165) is 12.8 Å². The Balaban J connectivity index is 0.00000128. The van der Waals surface area contributed by atoms with E-state index in [4.69, 9.17) is 5.11 Å². The molecule has 0 spiro atoms. The summed E-state index contributed by atoms with van der Waals surface area (Å²) in [5.41, 5.74) is 0. The monoisotopic (exact) mass is 269 g/mol. The van der Waals surface area contributed by atoms with Crippen molar-refractivity contribution in [2.75, 3.05) is 5.75 Å². The Labute approximate surface area is 101 Å². The summed E-state index contributed by atoms with van der Waals surface area (Å²) in [6.45, 7) is 0. The predicted molar refractivity (Wildman–Crippen MR) is 61.6 cm³/mol. The highest BCUT2D eigenvalue weighted by atomic mass is 35.5. The summed E-state index contributed by atoms with van der Waals surface area (Å²) in [6, 6.07) is 0.551. The number of carboxylic acids is 1. The van der Waals surface area contributed by atoms with Gasteiger partial charge < -0.3 is 10.4 Å². The Morgan fingerprint density at radius 2 is 1.75 bits per heavy atom. The molecule has 0 aromatic rings. The van der Waals surface area contributed by atoms with Crippen LogP contribution in [0.5, 0.6) is 0 Å². The number of aliphatic carboxylic acids is 1. The first kappa shape index (κ1) is 13.7. The van der Waals surface area contributed by atoms with Crippen LogP contribution in [0.4, 0.5) is 0 Å². The Hall–Kier alpha value is -0.330. The van der Waals surface area contributed by atoms with E-state index in [2.05, 4.69) is 5.32 Å². The molecular formula is C9H16ClNO4S. The second kappa shape index (κ2) is 4.89. The molecule has 7 heteroatoms. The van der Waals surface area contributed by atoms with Crippen LogP contribution in [0.3, 0.4) is 0 Å². The normalized spacial score (nSPS) is 33.1. The minimum Gasteiger partial charge on any atom is -0.480 e. The van der Waals surface area contributed by atoms with Crippen molar-refractivity contribution >= 4 is 28.2 Å². The molecule has 2 unspecified atom stereocenters. The molecule has 2 atom stereocenters. The molecule has 2 rings (SSSR count). The van der Waals surface area contributed by atoms with Gasteiger partial charge in [0.15, 0.2) is 9.84 Å². The van der Waals surface area contributed by atoms with Gasteiger partial charge in [-0.15, -0.1) is 12.4 Å². The van der Waals surface area contributed by atoms with Crippen LogP contribution < -0.4 is 5.32 Å². The van der Waals surface area contributed by atoms with Gasteiger partial charge in [0, 0.05) is 12.1 Å². The smallest absolute Gasteiger partial charge is 0.318 e. The topological polar surface area (TPSA) is 83.5 Å². The second-order valence-corrected chi connectivity index (χ2v) is 6.71. The summed E-state index contributed by atoms with van der Waals surface area (Å²) in [4.78, 5) is 10.4. The fraction of sp³-hybridized carbons (Fsp3) is 0.889. The van der Waals surface area contributed by atoms with Gasteiger partial charge in [-0.05, 0) is 25.7 Å². The highest BCUT2D eigenvalue weighted by Gasteiger charge is 2.40. The second-order valence-electron chi connectivity index (χ2n) is 4.43. The molecule has 2 fully saturated rings. The zero-order chi connectivity index (χ0) is 11.1. The number of hydrogen-bond acceptors (Lipinski definition) is 4. The summed E-state index contributed by atoms with van der Waals surface area (Å²) in [6.07, 6.45) is 3.19. The number of piperidine rings is 1. The lowest BCUT2D eigenvalue weighted by Gasteiger charge is -2.28. The summed E-state index contributed by atoms with van der Waals surface area (Å²) in [7, 11) is -3.45. The SMILES string of the molecule is Cl.O=C(O)CS(=O)(=O)C1CC2CCC(C1)N2. The molecule has 0 aromatic heterocycles. The Morgan fingerprint density at radius 3 is 2.19 bits per heavy atom. The number of sulfone groups is 1. The third kappa shape index (κ3) is 2.87. The summed E-state index contributed by atoms with van der Waals surface area (Å²) in [5.74, 6) is -1.97. The van der Waals surface area contributed by atoms with Crippen LogP contribution >= 0.6 is 12.4 Å². The molecule has 16 heavy (non-hydrogen) atoms. The minimum absolute atomic E-state index is 0. The van der Waals surface area contributed by atoms with Gasteiger partial charge in [0.1, 0.15) is 5.75 Å². The van der Waals surface area contributed by atoms with E-state index >= 15 is 0 Å². The van der Waals surface area contributed by atoms with Crippen LogP contribution in [-0.2, 0) is 14.6 Å². The van der Waals surface area contributed by atoms with Crippen molar-refractivity contribution in [1.82, 2.24) is 5.32 Å². The molecule has 2 aliphatic heterocycles. The highest BCUT2D eigenvalue weighted by molar-refractivity contribution is 7.92. The summed E-state index contributed by atoms with van der Waals surface area (Å²) in [5, 5.41) is 11.4. The maximum Gasteiger partial charge on any atom is 0.318 e. The molecule has 2 saturated heterocycles. The molecule has 0 saturated carbocycles. The molecule has 0 amide bonds. The van der Waals surface area contributed by atoms with E-state index < -0.39 is 26.8 Å². The zero-order valence-corrected chi connectivity index (χ0v) is 10.4. The number of carboxylic acid groups (broad SMARTS) is 1. The zero-order valence-electron chi connectivity index (χ0n) is 8.76. The standard InChI is InChI=1S/C9H15NO4S.ClH/c11-9(12)5-15(13,14)8-3-6-1-2-7(4-8)10-6;/h6-8,10H,1-5H2,(H,11,12);1H. The van der Waals surface area contributed by atoms with Crippen LogP contribution in [0.15, 0.2) is 0 Å². The van der Waals surface area contributed by atoms with Crippen LogP contribution in [0.2, 0.25) is 0 Å². The molecule has 2 bridgehead atoms. The molecule has 2 heterocycles. The van der Waals surface area contributed by atoms with Gasteiger partial charge in [0.05, 0.1) is 5.25 Å². The van der Waals surface area contributed by atoms with Crippen molar-refractivity contribution in [2.24, 2.45) is 0 Å². The fourth-order valence-electron chi connectivity index (χ4n) is 2.59. The predicted octanol–water partition coefficient (Wildman–Crippen LogP) is 0.191. The third-order valence-corrected chi connectivity index (χ3v) is 5.31. The quantitative estimate of drug-likeness (QED) is 0.764. The summed E-state index contributed by atoms with van der Waals surface area (Å²) >= 11 is 0. The number of nitrogens with one attached hydrogen (secondary N) is 1. The average Bonchev–Trinajstić information content (AvgIpc) is 2.43. The molecule has 2 N–H and O–H groups in total. The maximum atomic E-state index is 11.7. The van der Waals surface area contributed by atoms with Gasteiger partial charge in [0.25, 0.3) is 0 Å². The molecular weight excluding hydrogens is 254 g/mol. The van der Waals surface area contributed by atoms with Crippen molar-refractivity contribution < 1.29 is 18.3 Å². The number of halogens is 1. The molecule has 0 radical (unpaired) electrons. The van der Waals surface area contributed by atoms with E-state index in [-0.39, 0.29) is 24.5 Å². The Kier molecular flexibility index (Phi) is 4.20. The van der Waals surface area contributed by atoms with E-state index in [1.807, 2.05) is 0 Å². The lowest BCUT2D eigenvalue weighted by atomic mass is 10.1. The number of rotatable bonds is 3. The van der Waals surface area contributed by atoms with E-state index in [0.29, 0.717) is 12.8 Å². The number of carbonyl (C=O) groups is 1. The maximum absolute atomic E-state index is 11.7. The molecule has 5 nitrogen and oxygen atoms in total. The fourth-order valence-corrected chi connectivity index (χ4v) is 4.22. The first-order valence-corrected chi connectivity index (χ1v) is 6.88. The molecule has 0 aromatic carbocycles. The van der Waals surface area contributed by atoms with Gasteiger partial charge in [-0.3, -0.25) is 4.79 Å². The lowest BCUT2D eigenvalue weighted by Crippen LogP contribution is -2.44. The lowest BCUT2D eigenvalue weighted by molar-refractivity contribution is -0.134. The van der Waals surface area contributed by atoms with Crippen molar-refractivity contribution in [3.63, 3.8) is 0 Å². The van der Waals surface area contributed by atoms with Gasteiger partial charge in [-0.2, -0.15) is 0 Å². The largest absolute Gasteiger partial charge is 0.480 e. The van der Waals surface area contributed by atoms with Gasteiger partial charge in [-0.1, -0.05) is 0 Å². The molecule has 2 aliphatic rings. The number of hydrogen-bond donors (Lipinski definition) is 2. The van der Waals surface area contributed by atoms with Crippen molar-refractivity contribution in [2.45, 2.75) is 43.0 Å². The number of fused-ring (bicyclic) bond motifs is 2. The average molecular weight is 270 g/mol. The van der Waals surface area contributed by atoms with Gasteiger partial charge in [-0.25, -0.2) is 8.42 Å². The van der Waals surface area contributed by atoms with Crippen molar-refractivity contribution in [3.05, 3.63) is 0 Å². The molecule has 94 valence electrons. The molecule has 0 aliphatic carbocycles. The first-order valence-electron chi connectivity index (χ1n) is 5.17. The highest BCUT2D eigenvalue weighted by Crippen LogP contribution is 2.30. The van der Waals surface area contributed by atoms with Crippen LogP contribution in [0.25, 0.3) is 0 Å². The van der Waals surface area contributed by atoms with Crippen molar-refractivity contribution in [1.29, 1.82) is 0 Å². The summed E-state index contributed by atoms with van der Waals surface area (Å²) < 4.78 is 23.4. The van der Waals surface area contributed by atoms with Gasteiger partial charge in [0.2, 0.25) is 0 Å². The third-order valence-electron chi connectivity index (χ3n) is 3.26. The van der Waals surface area contributed by atoms with Crippen LogP contribution in [-0.4, -0.2) is 42.6 Å². The Bertz CT molecular complexity index is 358. The Morgan fingerprint density at radius 1 is 1.25 bits per heavy atom. The minimum atomic E-state index is -3.45. The van der Waals surface area contributed by atoms with E-state index in [9.17, 15) is 13.2 Å². The van der Waals surface area contributed by atoms with Crippen LogP contribution in [0.1, 0.15) is 25.7 Å². The van der Waals surface area contributed by atoms with E-state index in [1.165, 1.54) is 0 Å². The first-order chi connectivity index (χ1) is 6.97. The van der Waals surface area contributed by atoms with E-state index in [1.54, 1.807) is 0 Å².